The van der Waals surface area contributed by atoms with Gasteiger partial charge in [0, 0.05) is 23.2 Å². The topological polar surface area (TPSA) is 55.2 Å². The van der Waals surface area contributed by atoms with Gasteiger partial charge in [0.1, 0.15) is 0 Å². The molecule has 150 valence electrons. The second-order valence-electron chi connectivity index (χ2n) is 7.08. The molecular formula is C22H22BrN3O2S. The van der Waals surface area contributed by atoms with Gasteiger partial charge in [0.2, 0.25) is 5.91 Å². The van der Waals surface area contributed by atoms with Crippen LogP contribution >= 0.6 is 27.7 Å². The van der Waals surface area contributed by atoms with E-state index in [1.54, 1.807) is 10.6 Å². The van der Waals surface area contributed by atoms with Crippen LogP contribution in [0.15, 0.2) is 56.9 Å². The Morgan fingerprint density at radius 3 is 2.90 bits per heavy atom. The maximum absolute atomic E-state index is 13.0. The van der Waals surface area contributed by atoms with Gasteiger partial charge in [-0.2, -0.15) is 0 Å². The van der Waals surface area contributed by atoms with Crippen LogP contribution in [0.5, 0.6) is 0 Å². The molecule has 2 aromatic carbocycles. The Morgan fingerprint density at radius 1 is 1.24 bits per heavy atom. The predicted octanol–water partition coefficient (Wildman–Crippen LogP) is 4.64. The van der Waals surface area contributed by atoms with E-state index in [-0.39, 0.29) is 17.2 Å². The van der Waals surface area contributed by atoms with E-state index in [0.717, 1.165) is 36.0 Å². The number of fused-ring (bicyclic) bond motifs is 2. The first-order valence-corrected chi connectivity index (χ1v) is 11.6. The summed E-state index contributed by atoms with van der Waals surface area (Å²) in [5.74, 6) is 0.308. The largest absolute Gasteiger partial charge is 0.311 e. The van der Waals surface area contributed by atoms with E-state index in [4.69, 9.17) is 4.98 Å². The summed E-state index contributed by atoms with van der Waals surface area (Å²) in [6.45, 7) is 3.34. The highest BCUT2D eigenvalue weighted by Crippen LogP contribution is 2.28. The van der Waals surface area contributed by atoms with Crippen molar-refractivity contribution in [2.45, 2.75) is 37.9 Å². The first-order chi connectivity index (χ1) is 14.1. The van der Waals surface area contributed by atoms with Crippen LogP contribution in [0.4, 0.5) is 5.69 Å². The van der Waals surface area contributed by atoms with Crippen molar-refractivity contribution in [2.24, 2.45) is 0 Å². The zero-order valence-electron chi connectivity index (χ0n) is 16.2. The summed E-state index contributed by atoms with van der Waals surface area (Å²) >= 11 is 4.77. The average Bonchev–Trinajstić information content (AvgIpc) is 2.74. The summed E-state index contributed by atoms with van der Waals surface area (Å²) < 4.78 is 2.54. The number of anilines is 1. The van der Waals surface area contributed by atoms with Crippen LogP contribution < -0.4 is 10.5 Å². The van der Waals surface area contributed by atoms with Crippen molar-refractivity contribution < 1.29 is 4.79 Å². The number of carbonyl (C=O) groups excluding carboxylic acids is 1. The number of benzene rings is 2. The number of hydrogen-bond donors (Lipinski definition) is 0. The van der Waals surface area contributed by atoms with Crippen LogP contribution in [0.3, 0.4) is 0 Å². The van der Waals surface area contributed by atoms with Crippen LogP contribution in [-0.2, 0) is 17.8 Å². The molecule has 1 amide bonds. The molecule has 0 aliphatic carbocycles. The van der Waals surface area contributed by atoms with Gasteiger partial charge in [-0.1, -0.05) is 52.8 Å². The van der Waals surface area contributed by atoms with E-state index in [9.17, 15) is 9.59 Å². The summed E-state index contributed by atoms with van der Waals surface area (Å²) in [4.78, 5) is 32.5. The van der Waals surface area contributed by atoms with E-state index in [0.29, 0.717) is 22.6 Å². The smallest absolute Gasteiger partial charge is 0.262 e. The van der Waals surface area contributed by atoms with Crippen LogP contribution in [0.25, 0.3) is 10.9 Å². The van der Waals surface area contributed by atoms with Crippen LogP contribution in [0, 0.1) is 0 Å². The molecule has 0 unspecified atom stereocenters. The number of rotatable bonds is 5. The summed E-state index contributed by atoms with van der Waals surface area (Å²) in [5, 5.41) is 1.19. The number of halogens is 1. The molecule has 0 N–H and O–H groups in total. The summed E-state index contributed by atoms with van der Waals surface area (Å²) in [6.07, 6.45) is 2.80. The Bertz CT molecular complexity index is 1130. The van der Waals surface area contributed by atoms with Gasteiger partial charge in [0.15, 0.2) is 5.16 Å². The number of aryl methyl sites for hydroxylation is 1. The Kier molecular flexibility index (Phi) is 6.06. The van der Waals surface area contributed by atoms with Crippen molar-refractivity contribution in [3.8, 4) is 0 Å². The first kappa shape index (κ1) is 20.2. The normalized spacial score (nSPS) is 13.5. The SMILES string of the molecule is CCCn1c(SCC(=O)N2CCCc3ccccc32)nc2ccc(Br)cc2c1=O. The fraction of sp³-hybridized carbons (Fsp3) is 0.318. The van der Waals surface area contributed by atoms with Gasteiger partial charge >= 0.3 is 0 Å². The molecule has 0 atom stereocenters. The van der Waals surface area contributed by atoms with Crippen LogP contribution in [-0.4, -0.2) is 27.8 Å². The zero-order chi connectivity index (χ0) is 20.4. The minimum Gasteiger partial charge on any atom is -0.311 e. The predicted molar refractivity (Wildman–Crippen MR) is 122 cm³/mol. The Labute approximate surface area is 182 Å². The highest BCUT2D eigenvalue weighted by molar-refractivity contribution is 9.10. The average molecular weight is 472 g/mol. The van der Waals surface area contributed by atoms with Crippen LogP contribution in [0.1, 0.15) is 25.3 Å². The lowest BCUT2D eigenvalue weighted by Crippen LogP contribution is -2.36. The molecule has 0 spiro atoms. The fourth-order valence-electron chi connectivity index (χ4n) is 3.70. The lowest BCUT2D eigenvalue weighted by atomic mass is 10.0. The Balaban J connectivity index is 1.61. The number of carbonyl (C=O) groups is 1. The van der Waals surface area contributed by atoms with Gasteiger partial charge < -0.3 is 4.90 Å². The molecule has 5 nitrogen and oxygen atoms in total. The van der Waals surface area contributed by atoms with Crippen molar-refractivity contribution >= 4 is 50.2 Å². The molecule has 0 saturated carbocycles. The number of aromatic nitrogens is 2. The third-order valence-electron chi connectivity index (χ3n) is 5.06. The van der Waals surface area contributed by atoms with Crippen molar-refractivity contribution in [1.29, 1.82) is 0 Å². The fourth-order valence-corrected chi connectivity index (χ4v) is 4.96. The highest BCUT2D eigenvalue weighted by atomic mass is 79.9. The van der Waals surface area contributed by atoms with Gasteiger partial charge in [-0.15, -0.1) is 0 Å². The number of thioether (sulfide) groups is 1. The molecule has 2 heterocycles. The van der Waals surface area contributed by atoms with E-state index in [2.05, 4.69) is 22.0 Å². The highest BCUT2D eigenvalue weighted by Gasteiger charge is 2.23. The molecule has 1 aliphatic heterocycles. The lowest BCUT2D eigenvalue weighted by Gasteiger charge is -2.29. The molecule has 3 aromatic rings. The second kappa shape index (κ2) is 8.71. The molecule has 0 radical (unpaired) electrons. The summed E-state index contributed by atoms with van der Waals surface area (Å²) in [5.41, 5.74) is 2.82. The molecule has 0 bridgehead atoms. The molecule has 7 heteroatoms. The molecule has 1 aromatic heterocycles. The summed E-state index contributed by atoms with van der Waals surface area (Å²) in [6, 6.07) is 13.6. The van der Waals surface area contributed by atoms with Gasteiger partial charge in [-0.25, -0.2) is 4.98 Å². The molecule has 0 fully saturated rings. The van der Waals surface area contributed by atoms with Crippen molar-refractivity contribution in [3.05, 3.63) is 62.9 Å². The molecule has 1 aliphatic rings. The quantitative estimate of drug-likeness (QED) is 0.401. The van der Waals surface area contributed by atoms with E-state index < -0.39 is 0 Å². The van der Waals surface area contributed by atoms with E-state index in [1.165, 1.54) is 17.3 Å². The van der Waals surface area contributed by atoms with E-state index >= 15 is 0 Å². The molecule has 29 heavy (non-hydrogen) atoms. The monoisotopic (exact) mass is 471 g/mol. The number of hydrogen-bond acceptors (Lipinski definition) is 4. The van der Waals surface area contributed by atoms with Crippen molar-refractivity contribution in [3.63, 3.8) is 0 Å². The van der Waals surface area contributed by atoms with Gasteiger partial charge in [-0.3, -0.25) is 14.2 Å². The maximum Gasteiger partial charge on any atom is 0.262 e. The number of para-hydroxylation sites is 1. The van der Waals surface area contributed by atoms with Crippen molar-refractivity contribution in [1.82, 2.24) is 9.55 Å². The molecule has 0 saturated heterocycles. The minimum atomic E-state index is -0.0589. The van der Waals surface area contributed by atoms with Crippen LogP contribution in [0.2, 0.25) is 0 Å². The van der Waals surface area contributed by atoms with Gasteiger partial charge in [0.05, 0.1) is 16.7 Å². The first-order valence-electron chi connectivity index (χ1n) is 9.79. The number of amides is 1. The summed E-state index contributed by atoms with van der Waals surface area (Å²) in [7, 11) is 0. The van der Waals surface area contributed by atoms with Gasteiger partial charge in [0.25, 0.3) is 5.56 Å². The molecular weight excluding hydrogens is 450 g/mol. The Morgan fingerprint density at radius 2 is 2.07 bits per heavy atom. The maximum atomic E-state index is 13.0. The molecule has 4 rings (SSSR count). The second-order valence-corrected chi connectivity index (χ2v) is 8.94. The Hall–Kier alpha value is -2.12. The van der Waals surface area contributed by atoms with E-state index in [1.807, 2.05) is 42.2 Å². The third-order valence-corrected chi connectivity index (χ3v) is 6.52. The van der Waals surface area contributed by atoms with Gasteiger partial charge in [-0.05, 0) is 49.1 Å². The zero-order valence-corrected chi connectivity index (χ0v) is 18.6. The number of nitrogens with zero attached hydrogens (tertiary/aromatic N) is 3. The third kappa shape index (κ3) is 4.12. The lowest BCUT2D eigenvalue weighted by molar-refractivity contribution is -0.116. The van der Waals surface area contributed by atoms with Crippen molar-refractivity contribution in [2.75, 3.05) is 17.2 Å². The standard InChI is InChI=1S/C22H22BrN3O2S/c1-2-11-26-21(28)17-13-16(23)9-10-18(17)24-22(26)29-14-20(27)25-12-5-7-15-6-3-4-8-19(15)25/h3-4,6,8-10,13H,2,5,7,11-12,14H2,1H3. The minimum absolute atomic E-state index is 0.0513.